The Morgan fingerprint density at radius 3 is 2.50 bits per heavy atom. The van der Waals surface area contributed by atoms with Gasteiger partial charge in [0.1, 0.15) is 19.0 Å². The van der Waals surface area contributed by atoms with Gasteiger partial charge in [-0.2, -0.15) is 0 Å². The predicted octanol–water partition coefficient (Wildman–Crippen LogP) is 3.25. The van der Waals surface area contributed by atoms with Gasteiger partial charge >= 0.3 is 5.97 Å². The lowest BCUT2D eigenvalue weighted by atomic mass is 10.2. The van der Waals surface area contributed by atoms with Crippen molar-refractivity contribution < 1.29 is 23.8 Å². The maximum Gasteiger partial charge on any atom is 0.308 e. The highest BCUT2D eigenvalue weighted by Gasteiger charge is 2.16. The maximum absolute atomic E-state index is 12.4. The third-order valence-corrected chi connectivity index (χ3v) is 4.58. The Morgan fingerprint density at radius 2 is 1.81 bits per heavy atom. The van der Waals surface area contributed by atoms with Crippen molar-refractivity contribution in [3.8, 4) is 17.2 Å². The molecule has 0 aliphatic carbocycles. The molecule has 0 saturated carbocycles. The van der Waals surface area contributed by atoms with Gasteiger partial charge in [-0.3, -0.25) is 14.9 Å². The minimum Gasteiger partial charge on any atom is -0.486 e. The number of benzene rings is 2. The summed E-state index contributed by atoms with van der Waals surface area (Å²) in [6.07, 6.45) is 0. The van der Waals surface area contributed by atoms with Gasteiger partial charge in [-0.1, -0.05) is 11.3 Å². The zero-order valence-corrected chi connectivity index (χ0v) is 14.6. The normalized spacial score (nSPS) is 12.7. The van der Waals surface area contributed by atoms with Crippen molar-refractivity contribution in [2.24, 2.45) is 0 Å². The number of aromatic nitrogens is 1. The Labute approximate surface area is 152 Å². The number of fused-ring (bicyclic) bond motifs is 2. The van der Waals surface area contributed by atoms with Crippen molar-refractivity contribution in [2.75, 3.05) is 18.5 Å². The number of anilines is 1. The number of amides is 1. The molecule has 0 atom stereocenters. The fourth-order valence-electron chi connectivity index (χ4n) is 2.53. The molecule has 0 unspecified atom stereocenters. The number of thiazole rings is 1. The Kier molecular flexibility index (Phi) is 4.18. The second-order valence-corrected chi connectivity index (χ2v) is 6.59. The van der Waals surface area contributed by atoms with E-state index >= 15 is 0 Å². The van der Waals surface area contributed by atoms with Crippen LogP contribution in [0.25, 0.3) is 10.2 Å². The minimum absolute atomic E-state index is 0.296. The Bertz CT molecular complexity index is 954. The summed E-state index contributed by atoms with van der Waals surface area (Å²) in [6.45, 7) is 2.35. The van der Waals surface area contributed by atoms with E-state index in [0.717, 1.165) is 10.2 Å². The summed E-state index contributed by atoms with van der Waals surface area (Å²) in [7, 11) is 0. The van der Waals surface area contributed by atoms with Gasteiger partial charge in [0.25, 0.3) is 5.91 Å². The smallest absolute Gasteiger partial charge is 0.308 e. The molecule has 1 N–H and O–H groups in total. The van der Waals surface area contributed by atoms with Gasteiger partial charge in [0.2, 0.25) is 0 Å². The van der Waals surface area contributed by atoms with Crippen LogP contribution in [0.1, 0.15) is 17.3 Å². The van der Waals surface area contributed by atoms with E-state index in [1.165, 1.54) is 18.3 Å². The first kappa shape index (κ1) is 16.3. The number of ether oxygens (including phenoxy) is 3. The SMILES string of the molecule is CC(=O)Oc1ccc(C(=O)Nc2nc3cc4c(cc3s2)OCCO4)cc1. The van der Waals surface area contributed by atoms with Gasteiger partial charge in [0.05, 0.1) is 10.2 Å². The van der Waals surface area contributed by atoms with Crippen molar-refractivity contribution in [1.82, 2.24) is 4.98 Å². The Morgan fingerprint density at radius 1 is 1.12 bits per heavy atom. The van der Waals surface area contributed by atoms with Crippen LogP contribution in [0.3, 0.4) is 0 Å². The second-order valence-electron chi connectivity index (χ2n) is 5.55. The average molecular weight is 370 g/mol. The van der Waals surface area contributed by atoms with Crippen molar-refractivity contribution >= 4 is 38.6 Å². The molecule has 0 radical (unpaired) electrons. The highest BCUT2D eigenvalue weighted by molar-refractivity contribution is 7.22. The minimum atomic E-state index is -0.410. The highest BCUT2D eigenvalue weighted by Crippen LogP contribution is 2.37. The van der Waals surface area contributed by atoms with Crippen molar-refractivity contribution in [3.63, 3.8) is 0 Å². The molecule has 8 heteroatoms. The average Bonchev–Trinajstić information content (AvgIpc) is 3.00. The molecule has 7 nitrogen and oxygen atoms in total. The number of rotatable bonds is 3. The fourth-order valence-corrected chi connectivity index (χ4v) is 3.40. The molecule has 0 bridgehead atoms. The van der Waals surface area contributed by atoms with E-state index in [2.05, 4.69) is 10.3 Å². The molecule has 0 fully saturated rings. The summed E-state index contributed by atoms with van der Waals surface area (Å²) >= 11 is 1.36. The first-order chi connectivity index (χ1) is 12.6. The van der Waals surface area contributed by atoms with Crippen LogP contribution in [-0.2, 0) is 4.79 Å². The Hall–Kier alpha value is -3.13. The van der Waals surface area contributed by atoms with Crippen molar-refractivity contribution in [3.05, 3.63) is 42.0 Å². The number of hydrogen-bond donors (Lipinski definition) is 1. The lowest BCUT2D eigenvalue weighted by molar-refractivity contribution is -0.131. The van der Waals surface area contributed by atoms with E-state index in [1.54, 1.807) is 24.3 Å². The first-order valence-electron chi connectivity index (χ1n) is 7.88. The molecule has 1 amide bonds. The standard InChI is InChI=1S/C18H14N2O5S/c1-10(21)25-12-4-2-11(3-5-12)17(22)20-18-19-13-8-14-15(9-16(13)26-18)24-7-6-23-14/h2-5,8-9H,6-7H2,1H3,(H,19,20,22). The number of nitrogens with one attached hydrogen (secondary N) is 1. The molecule has 1 aliphatic rings. The maximum atomic E-state index is 12.4. The van der Waals surface area contributed by atoms with Gasteiger partial charge in [-0.25, -0.2) is 4.98 Å². The summed E-state index contributed by atoms with van der Waals surface area (Å²) in [5.74, 6) is 1.03. The first-order valence-corrected chi connectivity index (χ1v) is 8.70. The Balaban J connectivity index is 1.52. The van der Waals surface area contributed by atoms with Crippen molar-refractivity contribution in [2.45, 2.75) is 6.92 Å². The number of hydrogen-bond acceptors (Lipinski definition) is 7. The van der Waals surface area contributed by atoms with E-state index < -0.39 is 5.97 Å². The van der Waals surface area contributed by atoms with E-state index in [0.29, 0.717) is 41.2 Å². The predicted molar refractivity (Wildman–Crippen MR) is 96.3 cm³/mol. The molecular weight excluding hydrogens is 356 g/mol. The third kappa shape index (κ3) is 3.31. The molecule has 3 aromatic rings. The lowest BCUT2D eigenvalue weighted by Gasteiger charge is -2.17. The molecule has 4 rings (SSSR count). The quantitative estimate of drug-likeness (QED) is 0.563. The molecule has 132 valence electrons. The zero-order valence-electron chi connectivity index (χ0n) is 13.8. The van der Waals surface area contributed by atoms with Crippen LogP contribution in [0, 0.1) is 0 Å². The van der Waals surface area contributed by atoms with Crippen molar-refractivity contribution in [1.29, 1.82) is 0 Å². The van der Waals surface area contributed by atoms with E-state index in [1.807, 2.05) is 12.1 Å². The van der Waals surface area contributed by atoms with Crippen LogP contribution in [0.5, 0.6) is 17.2 Å². The van der Waals surface area contributed by atoms with Crippen LogP contribution in [-0.4, -0.2) is 30.1 Å². The van der Waals surface area contributed by atoms with E-state index in [9.17, 15) is 9.59 Å². The summed E-state index contributed by atoms with van der Waals surface area (Å²) in [5.41, 5.74) is 1.17. The van der Waals surface area contributed by atoms with Crippen LogP contribution >= 0.6 is 11.3 Å². The molecule has 2 heterocycles. The fraction of sp³-hybridized carbons (Fsp3) is 0.167. The number of carbonyl (C=O) groups excluding carboxylic acids is 2. The van der Waals surface area contributed by atoms with Crippen LogP contribution in [0.2, 0.25) is 0 Å². The number of esters is 1. The zero-order chi connectivity index (χ0) is 18.1. The molecule has 1 aromatic heterocycles. The summed E-state index contributed by atoms with van der Waals surface area (Å²) in [4.78, 5) is 27.7. The van der Waals surface area contributed by atoms with Crippen LogP contribution in [0.15, 0.2) is 36.4 Å². The van der Waals surface area contributed by atoms with Gasteiger partial charge in [-0.15, -0.1) is 0 Å². The number of carbonyl (C=O) groups is 2. The monoisotopic (exact) mass is 370 g/mol. The largest absolute Gasteiger partial charge is 0.486 e. The van der Waals surface area contributed by atoms with Gasteiger partial charge < -0.3 is 14.2 Å². The summed E-state index contributed by atoms with van der Waals surface area (Å²) in [6, 6.07) is 9.98. The molecule has 0 spiro atoms. The second kappa shape index (κ2) is 6.64. The van der Waals surface area contributed by atoms with Gasteiger partial charge in [0, 0.05) is 24.6 Å². The van der Waals surface area contributed by atoms with Gasteiger partial charge in [-0.05, 0) is 24.3 Å². The molecule has 0 saturated heterocycles. The molecule has 2 aromatic carbocycles. The third-order valence-electron chi connectivity index (χ3n) is 3.65. The molecule has 26 heavy (non-hydrogen) atoms. The summed E-state index contributed by atoms with van der Waals surface area (Å²) in [5, 5.41) is 3.26. The van der Waals surface area contributed by atoms with E-state index in [-0.39, 0.29) is 5.91 Å². The van der Waals surface area contributed by atoms with E-state index in [4.69, 9.17) is 14.2 Å². The van der Waals surface area contributed by atoms with Crippen LogP contribution < -0.4 is 19.5 Å². The topological polar surface area (TPSA) is 86.8 Å². The molecular formula is C18H14N2O5S. The van der Waals surface area contributed by atoms with Gasteiger partial charge in [0.15, 0.2) is 16.6 Å². The molecule has 1 aliphatic heterocycles. The number of nitrogens with zero attached hydrogens (tertiary/aromatic N) is 1. The van der Waals surface area contributed by atoms with Crippen LogP contribution in [0.4, 0.5) is 5.13 Å². The lowest BCUT2D eigenvalue weighted by Crippen LogP contribution is -2.15. The highest BCUT2D eigenvalue weighted by atomic mass is 32.1. The summed E-state index contributed by atoms with van der Waals surface area (Å²) < 4.78 is 17.0.